The minimum Gasteiger partial charge on any atom is -0.464 e. The van der Waals surface area contributed by atoms with E-state index in [-0.39, 0.29) is 40.3 Å². The number of ether oxygens (including phenoxy) is 1. The van der Waals surface area contributed by atoms with Gasteiger partial charge in [0.2, 0.25) is 5.71 Å². The molecular formula is C21H19FN4O5. The fourth-order valence-electron chi connectivity index (χ4n) is 3.15. The van der Waals surface area contributed by atoms with Crippen molar-refractivity contribution in [3.05, 3.63) is 57.0 Å². The van der Waals surface area contributed by atoms with E-state index in [1.165, 1.54) is 19.2 Å². The van der Waals surface area contributed by atoms with Gasteiger partial charge >= 0.3 is 11.7 Å². The van der Waals surface area contributed by atoms with Gasteiger partial charge in [0.1, 0.15) is 23.6 Å². The van der Waals surface area contributed by atoms with Crippen LogP contribution in [0.15, 0.2) is 44.3 Å². The molecule has 10 heteroatoms. The number of carbonyl (C=O) groups excluding carboxylic acids is 1. The lowest BCUT2D eigenvalue weighted by molar-refractivity contribution is -0.144. The molecule has 0 aliphatic carbocycles. The molecule has 0 atom stereocenters. The van der Waals surface area contributed by atoms with E-state index in [4.69, 9.17) is 9.15 Å². The molecule has 0 spiro atoms. The fraction of sp³-hybridized carbons (Fsp3) is 0.286. The molecule has 0 N–H and O–H groups in total. The lowest BCUT2D eigenvalue weighted by atomic mass is 10.1. The molecule has 4 rings (SSSR count). The SMILES string of the molecule is CCCCOC(=O)Cn1c(=O)c2nc3cc(-c4ccccc4F)oc3nc2n(C)c1=O. The molecule has 4 aromatic rings. The van der Waals surface area contributed by atoms with E-state index in [9.17, 15) is 18.8 Å². The first-order valence-electron chi connectivity index (χ1n) is 9.72. The first-order chi connectivity index (χ1) is 14.9. The number of halogens is 1. The Hall–Kier alpha value is -3.82. The van der Waals surface area contributed by atoms with Crippen molar-refractivity contribution < 1.29 is 18.3 Å². The highest BCUT2D eigenvalue weighted by molar-refractivity contribution is 5.84. The number of hydrogen-bond acceptors (Lipinski definition) is 7. The van der Waals surface area contributed by atoms with Gasteiger partial charge in [0, 0.05) is 13.1 Å². The van der Waals surface area contributed by atoms with E-state index in [2.05, 4.69) is 9.97 Å². The second-order valence-corrected chi connectivity index (χ2v) is 6.98. The van der Waals surface area contributed by atoms with Crippen LogP contribution >= 0.6 is 0 Å². The largest absolute Gasteiger partial charge is 0.464 e. The summed E-state index contributed by atoms with van der Waals surface area (Å²) in [5, 5.41) is 0. The number of hydrogen-bond donors (Lipinski definition) is 0. The quantitative estimate of drug-likeness (QED) is 0.344. The number of nitrogens with zero attached hydrogens (tertiary/aromatic N) is 4. The predicted octanol–water partition coefficient (Wildman–Crippen LogP) is 2.39. The molecule has 3 heterocycles. The van der Waals surface area contributed by atoms with Crippen LogP contribution in [-0.4, -0.2) is 31.7 Å². The van der Waals surface area contributed by atoms with Crippen LogP contribution < -0.4 is 11.2 Å². The normalized spacial score (nSPS) is 11.3. The summed E-state index contributed by atoms with van der Waals surface area (Å²) in [7, 11) is 1.41. The lowest BCUT2D eigenvalue weighted by Crippen LogP contribution is -2.41. The summed E-state index contributed by atoms with van der Waals surface area (Å²) >= 11 is 0. The Morgan fingerprint density at radius 1 is 1.23 bits per heavy atom. The van der Waals surface area contributed by atoms with Crippen LogP contribution in [0.25, 0.3) is 33.7 Å². The van der Waals surface area contributed by atoms with E-state index in [1.807, 2.05) is 6.92 Å². The number of esters is 1. The van der Waals surface area contributed by atoms with Crippen LogP contribution in [0.3, 0.4) is 0 Å². The summed E-state index contributed by atoms with van der Waals surface area (Å²) in [5.74, 6) is -0.984. The second kappa shape index (κ2) is 8.13. The maximum absolute atomic E-state index is 14.1. The number of rotatable bonds is 6. The maximum atomic E-state index is 14.1. The Balaban J connectivity index is 1.82. The average molecular weight is 426 g/mol. The topological polar surface area (TPSA) is 109 Å². The van der Waals surface area contributed by atoms with E-state index in [0.717, 1.165) is 15.6 Å². The summed E-state index contributed by atoms with van der Waals surface area (Å²) < 4.78 is 26.6. The molecule has 3 aromatic heterocycles. The predicted molar refractivity (Wildman–Crippen MR) is 110 cm³/mol. The van der Waals surface area contributed by atoms with Gasteiger partial charge in [-0.25, -0.2) is 18.7 Å². The molecule has 0 fully saturated rings. The van der Waals surface area contributed by atoms with Crippen LogP contribution in [0.1, 0.15) is 19.8 Å². The summed E-state index contributed by atoms with van der Waals surface area (Å²) in [6, 6.07) is 7.51. The Morgan fingerprint density at radius 3 is 2.74 bits per heavy atom. The van der Waals surface area contributed by atoms with E-state index >= 15 is 0 Å². The highest BCUT2D eigenvalue weighted by atomic mass is 19.1. The third-order valence-electron chi connectivity index (χ3n) is 4.82. The molecule has 160 valence electrons. The van der Waals surface area contributed by atoms with Crippen molar-refractivity contribution in [2.24, 2.45) is 7.05 Å². The molecule has 0 saturated heterocycles. The van der Waals surface area contributed by atoms with Gasteiger partial charge in [0.15, 0.2) is 11.2 Å². The molecule has 31 heavy (non-hydrogen) atoms. The number of benzene rings is 1. The first-order valence-corrected chi connectivity index (χ1v) is 9.72. The molecule has 9 nitrogen and oxygen atoms in total. The van der Waals surface area contributed by atoms with Crippen molar-refractivity contribution >= 4 is 28.4 Å². The number of aryl methyl sites for hydroxylation is 1. The number of aromatic nitrogens is 4. The molecule has 0 aliphatic rings. The summed E-state index contributed by atoms with van der Waals surface area (Å²) in [4.78, 5) is 46.1. The highest BCUT2D eigenvalue weighted by Gasteiger charge is 2.19. The van der Waals surface area contributed by atoms with Crippen molar-refractivity contribution in [2.75, 3.05) is 6.61 Å². The summed E-state index contributed by atoms with van der Waals surface area (Å²) in [5.41, 5.74) is -1.14. The smallest absolute Gasteiger partial charge is 0.333 e. The standard InChI is InChI=1S/C21H19FN4O5/c1-3-4-9-30-16(27)11-26-20(28)17-18(25(2)21(26)29)24-19-14(23-17)10-15(31-19)12-7-5-6-8-13(12)22/h5-8,10H,3-4,9,11H2,1-2H3. The van der Waals surface area contributed by atoms with Gasteiger partial charge in [-0.2, -0.15) is 4.98 Å². The fourth-order valence-corrected chi connectivity index (χ4v) is 3.15. The zero-order valence-electron chi connectivity index (χ0n) is 16.9. The van der Waals surface area contributed by atoms with Crippen LogP contribution in [0.4, 0.5) is 4.39 Å². The van der Waals surface area contributed by atoms with Crippen LogP contribution in [0, 0.1) is 5.82 Å². The van der Waals surface area contributed by atoms with Gasteiger partial charge in [0.05, 0.1) is 12.2 Å². The van der Waals surface area contributed by atoms with Gasteiger partial charge in [-0.15, -0.1) is 0 Å². The zero-order chi connectivity index (χ0) is 22.1. The third kappa shape index (κ3) is 3.72. The van der Waals surface area contributed by atoms with Gasteiger partial charge in [-0.1, -0.05) is 25.5 Å². The second-order valence-electron chi connectivity index (χ2n) is 6.98. The van der Waals surface area contributed by atoms with Crippen LogP contribution in [0.2, 0.25) is 0 Å². The number of fused-ring (bicyclic) bond motifs is 2. The van der Waals surface area contributed by atoms with Crippen molar-refractivity contribution in [1.82, 2.24) is 19.1 Å². The Kier molecular flexibility index (Phi) is 5.37. The average Bonchev–Trinajstić information content (AvgIpc) is 3.17. The minimum atomic E-state index is -0.770. The minimum absolute atomic E-state index is 0.00691. The molecule has 0 amide bonds. The Labute approximate surface area is 174 Å². The van der Waals surface area contributed by atoms with Crippen molar-refractivity contribution in [2.45, 2.75) is 26.3 Å². The number of unbranched alkanes of at least 4 members (excludes halogenated alkanes) is 1. The lowest BCUT2D eigenvalue weighted by Gasteiger charge is -2.09. The molecule has 0 unspecified atom stereocenters. The van der Waals surface area contributed by atoms with E-state index in [1.54, 1.807) is 18.2 Å². The Morgan fingerprint density at radius 2 is 2.00 bits per heavy atom. The molecule has 0 aliphatic heterocycles. The van der Waals surface area contributed by atoms with Crippen molar-refractivity contribution in [1.29, 1.82) is 0 Å². The summed E-state index contributed by atoms with van der Waals surface area (Å²) in [6.45, 7) is 1.63. The molecule has 0 bridgehead atoms. The van der Waals surface area contributed by atoms with Gasteiger partial charge < -0.3 is 9.15 Å². The van der Waals surface area contributed by atoms with Crippen LogP contribution in [0.5, 0.6) is 0 Å². The molecule has 1 aromatic carbocycles. The van der Waals surface area contributed by atoms with Gasteiger partial charge in [-0.3, -0.25) is 14.2 Å². The van der Waals surface area contributed by atoms with E-state index in [0.29, 0.717) is 6.42 Å². The first kappa shape index (κ1) is 20.5. The highest BCUT2D eigenvalue weighted by Crippen LogP contribution is 2.28. The Bertz CT molecular complexity index is 1420. The van der Waals surface area contributed by atoms with Crippen LogP contribution in [-0.2, 0) is 23.1 Å². The van der Waals surface area contributed by atoms with Gasteiger partial charge in [-0.05, 0) is 18.6 Å². The van der Waals surface area contributed by atoms with Gasteiger partial charge in [0.25, 0.3) is 5.56 Å². The number of carbonyl (C=O) groups is 1. The van der Waals surface area contributed by atoms with Crippen molar-refractivity contribution in [3.8, 4) is 11.3 Å². The molecule has 0 radical (unpaired) electrons. The molecular weight excluding hydrogens is 407 g/mol. The monoisotopic (exact) mass is 426 g/mol. The van der Waals surface area contributed by atoms with E-state index < -0.39 is 29.6 Å². The van der Waals surface area contributed by atoms with Crippen molar-refractivity contribution in [3.63, 3.8) is 0 Å². The number of furan rings is 1. The molecule has 0 saturated carbocycles. The summed E-state index contributed by atoms with van der Waals surface area (Å²) in [6.07, 6.45) is 1.53. The third-order valence-corrected chi connectivity index (χ3v) is 4.82. The zero-order valence-corrected chi connectivity index (χ0v) is 16.9. The maximum Gasteiger partial charge on any atom is 0.333 e.